The Morgan fingerprint density at radius 1 is 1.15 bits per heavy atom. The van der Waals surface area contributed by atoms with Gasteiger partial charge in [0.15, 0.2) is 0 Å². The zero-order valence-corrected chi connectivity index (χ0v) is 17.9. The van der Waals surface area contributed by atoms with E-state index in [2.05, 4.69) is 21.2 Å². The Bertz CT molecular complexity index is 699. The second-order valence-corrected chi connectivity index (χ2v) is 9.04. The Morgan fingerprint density at radius 2 is 1.69 bits per heavy atom. The summed E-state index contributed by atoms with van der Waals surface area (Å²) >= 11 is 3.37. The fraction of sp³-hybridized carbons (Fsp3) is 0.588. The zero-order valence-electron chi connectivity index (χ0n) is 15.5. The third-order valence-electron chi connectivity index (χ3n) is 4.67. The third kappa shape index (κ3) is 5.04. The molecule has 1 aromatic carbocycles. The van der Waals surface area contributed by atoms with Gasteiger partial charge in [-0.25, -0.2) is 0 Å². The summed E-state index contributed by atoms with van der Waals surface area (Å²) in [7, 11) is -3.41. The number of halogens is 1. The molecule has 7 nitrogen and oxygen atoms in total. The molecule has 1 aliphatic rings. The molecule has 0 saturated carbocycles. The molecule has 1 fully saturated rings. The van der Waals surface area contributed by atoms with E-state index in [4.69, 9.17) is 0 Å². The van der Waals surface area contributed by atoms with Crippen LogP contribution in [0.4, 0.5) is 5.69 Å². The van der Waals surface area contributed by atoms with E-state index in [0.717, 1.165) is 10.2 Å². The molecule has 1 N–H and O–H groups in total. The van der Waals surface area contributed by atoms with Crippen LogP contribution in [-0.2, 0) is 15.0 Å². The van der Waals surface area contributed by atoms with Crippen LogP contribution in [0.25, 0.3) is 0 Å². The van der Waals surface area contributed by atoms with Crippen LogP contribution in [0.15, 0.2) is 28.7 Å². The van der Waals surface area contributed by atoms with Crippen molar-refractivity contribution in [1.29, 1.82) is 0 Å². The second-order valence-electron chi connectivity index (χ2n) is 6.20. The minimum Gasteiger partial charge on any atom is -0.325 e. The number of nitrogens with one attached hydrogen (secondary N) is 1. The molecule has 1 saturated heterocycles. The molecule has 0 aromatic heterocycles. The number of hydrogen-bond donors (Lipinski definition) is 1. The van der Waals surface area contributed by atoms with Gasteiger partial charge in [0.05, 0.1) is 6.04 Å². The standard InChI is InChI=1S/C17H27BrN4O3S/c1-4-21(5-2)26(24,25)22-12-10-20(11-13-22)14(3)17(23)19-16-8-6-15(18)7-9-16/h6-9,14H,4-5,10-13H2,1-3H3,(H,19,23)/t14-/m1/s1. The Morgan fingerprint density at radius 3 is 2.19 bits per heavy atom. The normalized spacial score (nSPS) is 18.0. The van der Waals surface area contributed by atoms with Gasteiger partial charge < -0.3 is 5.32 Å². The van der Waals surface area contributed by atoms with Crippen LogP contribution in [-0.4, -0.2) is 73.1 Å². The molecule has 2 rings (SSSR count). The summed E-state index contributed by atoms with van der Waals surface area (Å²) in [6.45, 7) is 8.32. The van der Waals surface area contributed by atoms with E-state index in [1.165, 1.54) is 8.61 Å². The Hall–Kier alpha value is -1.000. The van der Waals surface area contributed by atoms with Crippen molar-refractivity contribution < 1.29 is 13.2 Å². The summed E-state index contributed by atoms with van der Waals surface area (Å²) in [5.41, 5.74) is 0.743. The van der Waals surface area contributed by atoms with E-state index >= 15 is 0 Å². The number of carbonyl (C=O) groups is 1. The number of rotatable bonds is 7. The van der Waals surface area contributed by atoms with E-state index < -0.39 is 10.2 Å². The monoisotopic (exact) mass is 446 g/mol. The molecule has 1 atom stereocenters. The van der Waals surface area contributed by atoms with Gasteiger partial charge >= 0.3 is 0 Å². The largest absolute Gasteiger partial charge is 0.325 e. The van der Waals surface area contributed by atoms with Crippen molar-refractivity contribution in [1.82, 2.24) is 13.5 Å². The van der Waals surface area contributed by atoms with Gasteiger partial charge in [0.25, 0.3) is 10.2 Å². The number of carbonyl (C=O) groups excluding carboxylic acids is 1. The van der Waals surface area contributed by atoms with E-state index in [0.29, 0.717) is 39.3 Å². The summed E-state index contributed by atoms with van der Waals surface area (Å²) in [5, 5.41) is 2.90. The van der Waals surface area contributed by atoms with Crippen molar-refractivity contribution in [3.63, 3.8) is 0 Å². The Labute approximate surface area is 164 Å². The van der Waals surface area contributed by atoms with E-state index in [-0.39, 0.29) is 11.9 Å². The first-order chi connectivity index (χ1) is 12.3. The van der Waals surface area contributed by atoms with Crippen LogP contribution >= 0.6 is 15.9 Å². The Kier molecular flexibility index (Phi) is 7.60. The lowest BCUT2D eigenvalue weighted by Gasteiger charge is -2.38. The molecule has 0 aliphatic carbocycles. The van der Waals surface area contributed by atoms with Gasteiger partial charge in [-0.2, -0.15) is 17.0 Å². The fourth-order valence-corrected chi connectivity index (χ4v) is 4.85. The first kappa shape index (κ1) is 21.3. The highest BCUT2D eigenvalue weighted by molar-refractivity contribution is 9.10. The Balaban J connectivity index is 1.92. The highest BCUT2D eigenvalue weighted by Crippen LogP contribution is 2.17. The average Bonchev–Trinajstić information content (AvgIpc) is 2.64. The van der Waals surface area contributed by atoms with Crippen molar-refractivity contribution in [3.05, 3.63) is 28.7 Å². The predicted octanol–water partition coefficient (Wildman–Crippen LogP) is 1.98. The highest BCUT2D eigenvalue weighted by atomic mass is 79.9. The molecular weight excluding hydrogens is 420 g/mol. The van der Waals surface area contributed by atoms with Gasteiger partial charge in [0.2, 0.25) is 5.91 Å². The molecule has 1 heterocycles. The molecule has 1 aliphatic heterocycles. The molecule has 0 spiro atoms. The van der Waals surface area contributed by atoms with Gasteiger partial charge in [-0.05, 0) is 31.2 Å². The van der Waals surface area contributed by atoms with Gasteiger partial charge in [0.1, 0.15) is 0 Å². The molecule has 0 radical (unpaired) electrons. The number of benzene rings is 1. The first-order valence-corrected chi connectivity index (χ1v) is 11.0. The van der Waals surface area contributed by atoms with Gasteiger partial charge in [-0.3, -0.25) is 9.69 Å². The minimum absolute atomic E-state index is 0.0904. The molecule has 9 heteroatoms. The number of nitrogens with zero attached hydrogens (tertiary/aromatic N) is 3. The number of hydrogen-bond acceptors (Lipinski definition) is 4. The molecular formula is C17H27BrN4O3S. The van der Waals surface area contributed by atoms with Crippen molar-refractivity contribution in [2.45, 2.75) is 26.8 Å². The fourth-order valence-electron chi connectivity index (χ4n) is 2.98. The van der Waals surface area contributed by atoms with Crippen molar-refractivity contribution in [2.75, 3.05) is 44.6 Å². The summed E-state index contributed by atoms with van der Waals surface area (Å²) in [6.07, 6.45) is 0. The average molecular weight is 447 g/mol. The van der Waals surface area contributed by atoms with Crippen LogP contribution in [0.2, 0.25) is 0 Å². The molecule has 0 bridgehead atoms. The van der Waals surface area contributed by atoms with Crippen LogP contribution in [0, 0.1) is 0 Å². The van der Waals surface area contributed by atoms with Gasteiger partial charge in [-0.15, -0.1) is 0 Å². The molecule has 146 valence electrons. The summed E-state index contributed by atoms with van der Waals surface area (Å²) in [6, 6.07) is 7.10. The van der Waals surface area contributed by atoms with Crippen molar-refractivity contribution in [3.8, 4) is 0 Å². The van der Waals surface area contributed by atoms with Crippen LogP contribution in [0.1, 0.15) is 20.8 Å². The highest BCUT2D eigenvalue weighted by Gasteiger charge is 2.33. The smallest absolute Gasteiger partial charge is 0.282 e. The maximum atomic E-state index is 12.6. The molecule has 0 unspecified atom stereocenters. The summed E-state index contributed by atoms with van der Waals surface area (Å²) in [5.74, 6) is -0.0904. The van der Waals surface area contributed by atoms with Gasteiger partial charge in [-0.1, -0.05) is 29.8 Å². The zero-order chi connectivity index (χ0) is 19.3. The van der Waals surface area contributed by atoms with E-state index in [1.807, 2.05) is 49.9 Å². The molecule has 26 heavy (non-hydrogen) atoms. The lowest BCUT2D eigenvalue weighted by Crippen LogP contribution is -2.56. The van der Waals surface area contributed by atoms with Crippen molar-refractivity contribution >= 4 is 37.7 Å². The first-order valence-electron chi connectivity index (χ1n) is 8.85. The lowest BCUT2D eigenvalue weighted by atomic mass is 10.2. The van der Waals surface area contributed by atoms with Crippen LogP contribution in [0.3, 0.4) is 0 Å². The summed E-state index contributed by atoms with van der Waals surface area (Å²) in [4.78, 5) is 14.5. The predicted molar refractivity (Wildman–Crippen MR) is 107 cm³/mol. The maximum Gasteiger partial charge on any atom is 0.282 e. The van der Waals surface area contributed by atoms with Crippen molar-refractivity contribution in [2.24, 2.45) is 0 Å². The topological polar surface area (TPSA) is 73.0 Å². The molecule has 1 amide bonds. The number of piperazine rings is 1. The minimum atomic E-state index is -3.41. The third-order valence-corrected chi connectivity index (χ3v) is 7.39. The molecule has 1 aromatic rings. The summed E-state index contributed by atoms with van der Waals surface area (Å²) < 4.78 is 29.1. The second kappa shape index (κ2) is 9.27. The van der Waals surface area contributed by atoms with Gasteiger partial charge in [0, 0.05) is 49.4 Å². The van der Waals surface area contributed by atoms with E-state index in [9.17, 15) is 13.2 Å². The number of amides is 1. The lowest BCUT2D eigenvalue weighted by molar-refractivity contribution is -0.121. The van der Waals surface area contributed by atoms with Crippen LogP contribution < -0.4 is 5.32 Å². The maximum absolute atomic E-state index is 12.6. The quantitative estimate of drug-likeness (QED) is 0.694. The van der Waals surface area contributed by atoms with Crippen LogP contribution in [0.5, 0.6) is 0 Å². The SMILES string of the molecule is CCN(CC)S(=O)(=O)N1CCN([C@H](C)C(=O)Nc2ccc(Br)cc2)CC1. The van der Waals surface area contributed by atoms with E-state index in [1.54, 1.807) is 0 Å². The number of anilines is 1.